The van der Waals surface area contributed by atoms with E-state index < -0.39 is 0 Å². The van der Waals surface area contributed by atoms with Gasteiger partial charge in [0.2, 0.25) is 0 Å². The molecule has 2 heterocycles. The summed E-state index contributed by atoms with van der Waals surface area (Å²) < 4.78 is 6.68. The molecule has 90 valence electrons. The van der Waals surface area contributed by atoms with Crippen LogP contribution in [-0.4, -0.2) is 20.3 Å². The molecule has 1 fully saturated rings. The fourth-order valence-corrected chi connectivity index (χ4v) is 4.07. The van der Waals surface area contributed by atoms with E-state index in [0.717, 1.165) is 13.2 Å². The SMILES string of the molecule is CNC(c1cc(C)c(Br)s1)C1CCOCC1. The van der Waals surface area contributed by atoms with Gasteiger partial charge < -0.3 is 10.1 Å². The van der Waals surface area contributed by atoms with Crippen LogP contribution in [0.4, 0.5) is 0 Å². The first-order valence-corrected chi connectivity index (χ1v) is 7.34. The van der Waals surface area contributed by atoms with Crippen molar-refractivity contribution in [1.82, 2.24) is 5.32 Å². The maximum atomic E-state index is 5.43. The van der Waals surface area contributed by atoms with Crippen molar-refractivity contribution in [3.63, 3.8) is 0 Å². The van der Waals surface area contributed by atoms with Gasteiger partial charge in [0, 0.05) is 24.1 Å². The number of nitrogens with one attached hydrogen (secondary N) is 1. The van der Waals surface area contributed by atoms with Crippen molar-refractivity contribution in [2.24, 2.45) is 5.92 Å². The highest BCUT2D eigenvalue weighted by molar-refractivity contribution is 9.11. The highest BCUT2D eigenvalue weighted by atomic mass is 79.9. The van der Waals surface area contributed by atoms with Gasteiger partial charge in [-0.1, -0.05) is 0 Å². The second kappa shape index (κ2) is 5.63. The molecule has 1 aromatic heterocycles. The van der Waals surface area contributed by atoms with Crippen molar-refractivity contribution in [2.45, 2.75) is 25.8 Å². The first kappa shape index (κ1) is 12.6. The molecule has 16 heavy (non-hydrogen) atoms. The molecule has 0 radical (unpaired) electrons. The number of halogens is 1. The number of rotatable bonds is 3. The number of hydrogen-bond acceptors (Lipinski definition) is 3. The van der Waals surface area contributed by atoms with Gasteiger partial charge in [0.05, 0.1) is 3.79 Å². The monoisotopic (exact) mass is 303 g/mol. The number of thiophene rings is 1. The van der Waals surface area contributed by atoms with Gasteiger partial charge in [-0.05, 0) is 60.3 Å². The third-order valence-electron chi connectivity index (χ3n) is 3.23. The van der Waals surface area contributed by atoms with Crippen molar-refractivity contribution in [2.75, 3.05) is 20.3 Å². The Balaban J connectivity index is 2.14. The molecule has 1 N–H and O–H groups in total. The normalized spacial score (nSPS) is 19.9. The minimum atomic E-state index is 0.485. The Bertz CT molecular complexity index is 327. The smallest absolute Gasteiger partial charge is 0.0731 e. The zero-order valence-electron chi connectivity index (χ0n) is 9.75. The second-order valence-electron chi connectivity index (χ2n) is 4.32. The van der Waals surface area contributed by atoms with Crippen molar-refractivity contribution in [3.05, 3.63) is 20.3 Å². The molecular formula is C12H18BrNOS. The molecule has 2 nitrogen and oxygen atoms in total. The zero-order valence-corrected chi connectivity index (χ0v) is 12.2. The summed E-state index contributed by atoms with van der Waals surface area (Å²) in [4.78, 5) is 1.44. The van der Waals surface area contributed by atoms with E-state index >= 15 is 0 Å². The van der Waals surface area contributed by atoms with Crippen LogP contribution in [-0.2, 0) is 4.74 Å². The van der Waals surface area contributed by atoms with Crippen molar-refractivity contribution < 1.29 is 4.74 Å². The van der Waals surface area contributed by atoms with Gasteiger partial charge in [0.1, 0.15) is 0 Å². The summed E-state index contributed by atoms with van der Waals surface area (Å²) in [5.74, 6) is 0.712. The van der Waals surface area contributed by atoms with Crippen LogP contribution < -0.4 is 5.32 Å². The zero-order chi connectivity index (χ0) is 11.5. The third kappa shape index (κ3) is 2.67. The molecule has 2 rings (SSSR count). The molecular weight excluding hydrogens is 286 g/mol. The summed E-state index contributed by atoms with van der Waals surface area (Å²) in [5.41, 5.74) is 1.34. The average molecular weight is 304 g/mol. The summed E-state index contributed by atoms with van der Waals surface area (Å²) in [7, 11) is 2.06. The van der Waals surface area contributed by atoms with Gasteiger partial charge >= 0.3 is 0 Å². The lowest BCUT2D eigenvalue weighted by atomic mass is 9.91. The van der Waals surface area contributed by atoms with Crippen molar-refractivity contribution in [1.29, 1.82) is 0 Å². The maximum Gasteiger partial charge on any atom is 0.0731 e. The first-order valence-electron chi connectivity index (χ1n) is 5.73. The minimum absolute atomic E-state index is 0.485. The fraction of sp³-hybridized carbons (Fsp3) is 0.667. The van der Waals surface area contributed by atoms with Crippen LogP contribution >= 0.6 is 27.3 Å². The van der Waals surface area contributed by atoms with E-state index in [2.05, 4.69) is 41.3 Å². The van der Waals surface area contributed by atoms with Crippen LogP contribution in [0, 0.1) is 12.8 Å². The van der Waals surface area contributed by atoms with Gasteiger partial charge in [-0.25, -0.2) is 0 Å². The van der Waals surface area contributed by atoms with E-state index in [-0.39, 0.29) is 0 Å². The van der Waals surface area contributed by atoms with E-state index in [1.807, 2.05) is 11.3 Å². The van der Waals surface area contributed by atoms with Gasteiger partial charge in [0.25, 0.3) is 0 Å². The molecule has 1 saturated heterocycles. The molecule has 0 spiro atoms. The fourth-order valence-electron chi connectivity index (χ4n) is 2.30. The molecule has 1 aliphatic heterocycles. The Kier molecular flexibility index (Phi) is 4.41. The molecule has 0 saturated carbocycles. The summed E-state index contributed by atoms with van der Waals surface area (Å²) in [6, 6.07) is 2.78. The molecule has 0 aromatic carbocycles. The van der Waals surface area contributed by atoms with Crippen LogP contribution in [0.1, 0.15) is 29.3 Å². The Labute approximate surface area is 110 Å². The number of hydrogen-bond donors (Lipinski definition) is 1. The summed E-state index contributed by atoms with van der Waals surface area (Å²) in [6.07, 6.45) is 2.33. The number of ether oxygens (including phenoxy) is 1. The lowest BCUT2D eigenvalue weighted by molar-refractivity contribution is 0.0550. The minimum Gasteiger partial charge on any atom is -0.381 e. The third-order valence-corrected chi connectivity index (χ3v) is 5.45. The first-order chi connectivity index (χ1) is 7.72. The molecule has 1 unspecified atom stereocenters. The van der Waals surface area contributed by atoms with Gasteiger partial charge in [0.15, 0.2) is 0 Å². The molecule has 1 aromatic rings. The van der Waals surface area contributed by atoms with E-state index in [0.29, 0.717) is 12.0 Å². The second-order valence-corrected chi connectivity index (χ2v) is 6.72. The topological polar surface area (TPSA) is 21.3 Å². The van der Waals surface area contributed by atoms with Crippen LogP contribution in [0.2, 0.25) is 0 Å². The van der Waals surface area contributed by atoms with Crippen LogP contribution in [0.25, 0.3) is 0 Å². The Morgan fingerprint density at radius 1 is 1.50 bits per heavy atom. The average Bonchev–Trinajstić information content (AvgIpc) is 2.61. The lowest BCUT2D eigenvalue weighted by Crippen LogP contribution is -2.29. The Morgan fingerprint density at radius 2 is 2.19 bits per heavy atom. The number of aryl methyl sites for hydroxylation is 1. The van der Waals surface area contributed by atoms with Crippen LogP contribution in [0.3, 0.4) is 0 Å². The predicted octanol–water partition coefficient (Wildman–Crippen LogP) is 3.51. The lowest BCUT2D eigenvalue weighted by Gasteiger charge is -2.29. The molecule has 0 bridgehead atoms. The predicted molar refractivity (Wildman–Crippen MR) is 72.1 cm³/mol. The standard InChI is InChI=1S/C12H18BrNOS/c1-8-7-10(16-12(8)13)11(14-2)9-3-5-15-6-4-9/h7,9,11,14H,3-6H2,1-2H3. The largest absolute Gasteiger partial charge is 0.381 e. The Hall–Kier alpha value is 0.1000. The van der Waals surface area contributed by atoms with E-state index in [9.17, 15) is 0 Å². The van der Waals surface area contributed by atoms with Gasteiger partial charge in [-0.15, -0.1) is 11.3 Å². The van der Waals surface area contributed by atoms with E-state index in [1.165, 1.54) is 27.1 Å². The van der Waals surface area contributed by atoms with Crippen LogP contribution in [0.15, 0.2) is 9.85 Å². The maximum absolute atomic E-state index is 5.43. The quantitative estimate of drug-likeness (QED) is 0.923. The summed E-state index contributed by atoms with van der Waals surface area (Å²) in [6.45, 7) is 3.98. The van der Waals surface area contributed by atoms with E-state index in [4.69, 9.17) is 4.74 Å². The highest BCUT2D eigenvalue weighted by Gasteiger charge is 2.25. The molecule has 4 heteroatoms. The summed E-state index contributed by atoms with van der Waals surface area (Å²) in [5, 5.41) is 3.46. The highest BCUT2D eigenvalue weighted by Crippen LogP contribution is 2.37. The van der Waals surface area contributed by atoms with Gasteiger partial charge in [-0.2, -0.15) is 0 Å². The van der Waals surface area contributed by atoms with Crippen LogP contribution in [0.5, 0.6) is 0 Å². The molecule has 0 amide bonds. The van der Waals surface area contributed by atoms with E-state index in [1.54, 1.807) is 0 Å². The molecule has 0 aliphatic carbocycles. The summed E-state index contributed by atoms with van der Waals surface area (Å²) >= 11 is 5.46. The molecule has 1 atom stereocenters. The van der Waals surface area contributed by atoms with Crippen molar-refractivity contribution >= 4 is 27.3 Å². The van der Waals surface area contributed by atoms with Crippen molar-refractivity contribution in [3.8, 4) is 0 Å². The Morgan fingerprint density at radius 3 is 2.69 bits per heavy atom. The van der Waals surface area contributed by atoms with Gasteiger partial charge in [-0.3, -0.25) is 0 Å². The molecule has 1 aliphatic rings.